The zero-order chi connectivity index (χ0) is 7.98. The van der Waals surface area contributed by atoms with Gasteiger partial charge in [-0.3, -0.25) is 0 Å². The Labute approximate surface area is 64.4 Å². The van der Waals surface area contributed by atoms with Gasteiger partial charge >= 0.3 is 0 Å². The highest BCUT2D eigenvalue weighted by Gasteiger charge is 1.98. The molecular weight excluding hydrogens is 124 g/mol. The van der Waals surface area contributed by atoms with E-state index in [0.717, 1.165) is 13.0 Å². The fourth-order valence-electron chi connectivity index (χ4n) is 0.810. The van der Waals surface area contributed by atoms with Crippen LogP contribution in [0.4, 0.5) is 0 Å². The van der Waals surface area contributed by atoms with E-state index in [1.807, 2.05) is 6.92 Å². The molecule has 0 rings (SSSR count). The van der Waals surface area contributed by atoms with Crippen LogP contribution < -0.4 is 5.73 Å². The van der Waals surface area contributed by atoms with Gasteiger partial charge in [0.1, 0.15) is 0 Å². The summed E-state index contributed by atoms with van der Waals surface area (Å²) in [6, 6.07) is 0.292. The molecule has 61 valence electrons. The number of nitrogens with zero attached hydrogens (tertiary/aromatic N) is 1. The van der Waals surface area contributed by atoms with Crippen LogP contribution >= 0.6 is 0 Å². The monoisotopic (exact) mass is 143 g/mol. The van der Waals surface area contributed by atoms with E-state index in [2.05, 4.69) is 25.4 Å². The van der Waals surface area contributed by atoms with E-state index in [0.29, 0.717) is 6.04 Å². The van der Waals surface area contributed by atoms with Gasteiger partial charge in [0.15, 0.2) is 0 Å². The maximum Gasteiger partial charge on any atom is 0.00681 e. The van der Waals surface area contributed by atoms with Crippen LogP contribution in [0.3, 0.4) is 0 Å². The third kappa shape index (κ3) is 6.05. The molecule has 1 unspecified atom stereocenters. The lowest BCUT2D eigenvalue weighted by Crippen LogP contribution is -2.21. The Morgan fingerprint density at radius 2 is 2.10 bits per heavy atom. The zero-order valence-electron chi connectivity index (χ0n) is 7.30. The highest BCUT2D eigenvalue weighted by Crippen LogP contribution is 1.97. The van der Waals surface area contributed by atoms with Gasteiger partial charge in [0, 0.05) is 6.04 Å². The number of hydrogen-bond acceptors (Lipinski definition) is 2. The lowest BCUT2D eigenvalue weighted by molar-refractivity contribution is 0.389. The highest BCUT2D eigenvalue weighted by molar-refractivity contribution is 4.74. The quantitative estimate of drug-likeness (QED) is 0.619. The Bertz CT molecular complexity index is 71.7. The first kappa shape index (κ1) is 9.92. The number of hydrogen-bond donors (Lipinski definition) is 1. The van der Waals surface area contributed by atoms with Crippen molar-refractivity contribution in [1.29, 1.82) is 0 Å². The maximum absolute atomic E-state index is 5.69. The molecule has 0 spiro atoms. The smallest absolute Gasteiger partial charge is 0.00681 e. The Morgan fingerprint density at radius 3 is 2.50 bits per heavy atom. The summed E-state index contributed by atoms with van der Waals surface area (Å²) >= 11 is 0. The summed E-state index contributed by atoms with van der Waals surface area (Å²) in [5.74, 6) is 0. The van der Waals surface area contributed by atoms with Gasteiger partial charge in [-0.25, -0.2) is 0 Å². The van der Waals surface area contributed by atoms with Crippen LogP contribution in [0.1, 0.15) is 19.8 Å². The van der Waals surface area contributed by atoms with Crippen molar-refractivity contribution in [3.63, 3.8) is 0 Å². The molecule has 0 aliphatic carbocycles. The van der Waals surface area contributed by atoms with E-state index >= 15 is 0 Å². The summed E-state index contributed by atoms with van der Waals surface area (Å²) in [4.78, 5) is 2.18. The summed E-state index contributed by atoms with van der Waals surface area (Å²) in [6.07, 6.45) is 4.35. The van der Waals surface area contributed by atoms with Crippen molar-refractivity contribution in [2.45, 2.75) is 25.8 Å². The Hall–Kier alpha value is -0.0800. The van der Waals surface area contributed by atoms with Gasteiger partial charge in [-0.2, -0.15) is 0 Å². The first-order valence-electron chi connectivity index (χ1n) is 3.86. The molecule has 0 aromatic heterocycles. The first-order valence-corrected chi connectivity index (χ1v) is 3.86. The fourth-order valence-corrected chi connectivity index (χ4v) is 0.810. The van der Waals surface area contributed by atoms with E-state index in [1.54, 1.807) is 0 Å². The topological polar surface area (TPSA) is 29.3 Å². The Balaban J connectivity index is 3.03. The van der Waals surface area contributed by atoms with Crippen molar-refractivity contribution < 1.29 is 0 Å². The van der Waals surface area contributed by atoms with Crippen molar-refractivity contribution in [2.24, 2.45) is 5.73 Å². The lowest BCUT2D eigenvalue weighted by atomic mass is 10.1. The molecule has 2 N–H and O–H groups in total. The summed E-state index contributed by atoms with van der Waals surface area (Å²) in [5, 5.41) is 0. The third-order valence-electron chi connectivity index (χ3n) is 1.57. The second-order valence-corrected chi connectivity index (χ2v) is 2.94. The molecule has 0 saturated heterocycles. The predicted molar refractivity (Wildman–Crippen MR) is 45.7 cm³/mol. The van der Waals surface area contributed by atoms with Gasteiger partial charge in [0.25, 0.3) is 0 Å². The largest absolute Gasteiger partial charge is 0.327 e. The molecule has 0 heterocycles. The molecule has 2 nitrogen and oxygen atoms in total. The molecule has 0 amide bonds. The van der Waals surface area contributed by atoms with Crippen LogP contribution in [0.2, 0.25) is 0 Å². The Morgan fingerprint density at radius 1 is 1.50 bits per heavy atom. The standard InChI is InChI=1S/C8H19N2/c1-4-8(9)6-5-7-10(2)3/h4,8H,5-7,9H2,1-3H3. The SMILES string of the molecule is C[CH]C(N)CCCN(C)C. The van der Waals surface area contributed by atoms with E-state index in [9.17, 15) is 0 Å². The minimum atomic E-state index is 0.292. The minimum absolute atomic E-state index is 0.292. The number of rotatable bonds is 5. The molecule has 1 radical (unpaired) electrons. The van der Waals surface area contributed by atoms with Gasteiger partial charge in [0.05, 0.1) is 0 Å². The lowest BCUT2D eigenvalue weighted by Gasteiger charge is -2.11. The zero-order valence-corrected chi connectivity index (χ0v) is 7.30. The molecular formula is C8H19N2. The van der Waals surface area contributed by atoms with Gasteiger partial charge in [-0.1, -0.05) is 6.92 Å². The van der Waals surface area contributed by atoms with Crippen LogP contribution in [0.5, 0.6) is 0 Å². The van der Waals surface area contributed by atoms with Crippen LogP contribution in [0.15, 0.2) is 0 Å². The van der Waals surface area contributed by atoms with Crippen LogP contribution in [0, 0.1) is 6.42 Å². The van der Waals surface area contributed by atoms with Crippen molar-refractivity contribution >= 4 is 0 Å². The van der Waals surface area contributed by atoms with Gasteiger partial charge in [0.2, 0.25) is 0 Å². The molecule has 0 aromatic rings. The normalized spacial score (nSPS) is 14.1. The molecule has 0 aromatic carbocycles. The van der Waals surface area contributed by atoms with Crippen LogP contribution in [-0.4, -0.2) is 31.6 Å². The summed E-state index contributed by atoms with van der Waals surface area (Å²) in [7, 11) is 4.17. The van der Waals surface area contributed by atoms with Gasteiger partial charge in [-0.15, -0.1) is 0 Å². The maximum atomic E-state index is 5.69. The van der Waals surface area contributed by atoms with Crippen molar-refractivity contribution in [3.05, 3.63) is 6.42 Å². The van der Waals surface area contributed by atoms with E-state index in [-0.39, 0.29) is 0 Å². The molecule has 0 bridgehead atoms. The van der Waals surface area contributed by atoms with E-state index in [1.165, 1.54) is 6.42 Å². The fraction of sp³-hybridized carbons (Fsp3) is 0.875. The summed E-state index contributed by atoms with van der Waals surface area (Å²) in [5.41, 5.74) is 5.69. The average Bonchev–Trinajstić information content (AvgIpc) is 1.87. The van der Waals surface area contributed by atoms with E-state index < -0.39 is 0 Å². The molecule has 0 aliphatic heterocycles. The molecule has 10 heavy (non-hydrogen) atoms. The van der Waals surface area contributed by atoms with Crippen molar-refractivity contribution in [1.82, 2.24) is 4.90 Å². The average molecular weight is 143 g/mol. The Kier molecular flexibility index (Phi) is 5.64. The van der Waals surface area contributed by atoms with Crippen molar-refractivity contribution in [3.8, 4) is 0 Å². The molecule has 0 fully saturated rings. The first-order chi connectivity index (χ1) is 4.66. The third-order valence-corrected chi connectivity index (χ3v) is 1.57. The van der Waals surface area contributed by atoms with Crippen molar-refractivity contribution in [2.75, 3.05) is 20.6 Å². The predicted octanol–water partition coefficient (Wildman–Crippen LogP) is 0.880. The van der Waals surface area contributed by atoms with E-state index in [4.69, 9.17) is 5.73 Å². The molecule has 0 saturated carbocycles. The number of nitrogens with two attached hydrogens (primary N) is 1. The molecule has 0 aliphatic rings. The second-order valence-electron chi connectivity index (χ2n) is 2.94. The molecule has 2 heteroatoms. The second kappa shape index (κ2) is 5.69. The van der Waals surface area contributed by atoms with Crippen LogP contribution in [-0.2, 0) is 0 Å². The molecule has 1 atom stereocenters. The summed E-state index contributed by atoms with van der Waals surface area (Å²) < 4.78 is 0. The minimum Gasteiger partial charge on any atom is -0.327 e. The highest BCUT2D eigenvalue weighted by atomic mass is 15.0. The van der Waals surface area contributed by atoms with Gasteiger partial charge < -0.3 is 10.6 Å². The summed E-state index contributed by atoms with van der Waals surface area (Å²) in [6.45, 7) is 3.15. The van der Waals surface area contributed by atoms with Gasteiger partial charge in [-0.05, 0) is 39.9 Å². The van der Waals surface area contributed by atoms with Crippen LogP contribution in [0.25, 0.3) is 0 Å².